The van der Waals surface area contributed by atoms with Crippen molar-refractivity contribution in [2.24, 2.45) is 5.73 Å². The monoisotopic (exact) mass is 364 g/mol. The Morgan fingerprint density at radius 1 is 1.08 bits per heavy atom. The molecule has 0 fully saturated rings. The summed E-state index contributed by atoms with van der Waals surface area (Å²) in [4.78, 5) is 23.3. The van der Waals surface area contributed by atoms with Gasteiger partial charge in [-0.25, -0.2) is 4.79 Å². The summed E-state index contributed by atoms with van der Waals surface area (Å²) in [6, 6.07) is 8.99. The summed E-state index contributed by atoms with van der Waals surface area (Å²) in [5.41, 5.74) is 6.30. The van der Waals surface area contributed by atoms with Crippen molar-refractivity contribution in [3.63, 3.8) is 0 Å². The van der Waals surface area contributed by atoms with Crippen LogP contribution in [0.25, 0.3) is 0 Å². The van der Waals surface area contributed by atoms with Gasteiger partial charge in [0.2, 0.25) is 0 Å². The van der Waals surface area contributed by atoms with Crippen molar-refractivity contribution in [1.82, 2.24) is 5.32 Å². The SMILES string of the molecule is CC(C)(C)OC(=O)C(N)CCCCCCNC(=O)OCc1ccccc1. The van der Waals surface area contributed by atoms with Crippen molar-refractivity contribution < 1.29 is 19.1 Å². The van der Waals surface area contributed by atoms with E-state index in [1.54, 1.807) is 0 Å². The number of alkyl carbamates (subject to hydrolysis) is 1. The summed E-state index contributed by atoms with van der Waals surface area (Å²) < 4.78 is 10.4. The number of rotatable bonds is 10. The van der Waals surface area contributed by atoms with Crippen LogP contribution in [0.15, 0.2) is 30.3 Å². The van der Waals surface area contributed by atoms with Crippen molar-refractivity contribution >= 4 is 12.1 Å². The molecular formula is C20H32N2O4. The Labute approximate surface area is 156 Å². The van der Waals surface area contributed by atoms with Gasteiger partial charge in [-0.2, -0.15) is 0 Å². The fourth-order valence-corrected chi connectivity index (χ4v) is 2.30. The predicted octanol–water partition coefficient (Wildman–Crippen LogP) is 3.53. The van der Waals surface area contributed by atoms with Gasteiger partial charge in [0.25, 0.3) is 0 Å². The Hall–Kier alpha value is -2.08. The number of nitrogens with one attached hydrogen (secondary N) is 1. The van der Waals surface area contributed by atoms with E-state index in [2.05, 4.69) is 5.32 Å². The molecule has 0 saturated heterocycles. The van der Waals surface area contributed by atoms with Gasteiger partial charge in [0.05, 0.1) is 0 Å². The van der Waals surface area contributed by atoms with Crippen LogP contribution < -0.4 is 11.1 Å². The molecule has 0 aliphatic carbocycles. The molecule has 1 rings (SSSR count). The molecule has 0 spiro atoms. The fourth-order valence-electron chi connectivity index (χ4n) is 2.30. The fraction of sp³-hybridized carbons (Fsp3) is 0.600. The molecule has 26 heavy (non-hydrogen) atoms. The Kier molecular flexibility index (Phi) is 9.73. The topological polar surface area (TPSA) is 90.6 Å². The van der Waals surface area contributed by atoms with Crippen LogP contribution in [0.3, 0.4) is 0 Å². The first-order chi connectivity index (χ1) is 12.3. The maximum Gasteiger partial charge on any atom is 0.407 e. The van der Waals surface area contributed by atoms with E-state index in [9.17, 15) is 9.59 Å². The maximum absolute atomic E-state index is 11.8. The highest BCUT2D eigenvalue weighted by Crippen LogP contribution is 2.11. The van der Waals surface area contributed by atoms with Gasteiger partial charge >= 0.3 is 12.1 Å². The van der Waals surface area contributed by atoms with Gasteiger partial charge in [0, 0.05) is 6.54 Å². The third kappa shape index (κ3) is 10.7. The number of carbonyl (C=O) groups is 2. The van der Waals surface area contributed by atoms with E-state index in [-0.39, 0.29) is 12.6 Å². The highest BCUT2D eigenvalue weighted by atomic mass is 16.6. The van der Waals surface area contributed by atoms with Gasteiger partial charge < -0.3 is 20.5 Å². The molecule has 0 bridgehead atoms. The number of unbranched alkanes of at least 4 members (excludes halogenated alkanes) is 3. The number of carbonyl (C=O) groups excluding carboxylic acids is 2. The number of benzene rings is 1. The second-order valence-electron chi connectivity index (χ2n) is 7.33. The van der Waals surface area contributed by atoms with E-state index in [4.69, 9.17) is 15.2 Å². The van der Waals surface area contributed by atoms with Crippen LogP contribution in [0.1, 0.15) is 58.4 Å². The summed E-state index contributed by atoms with van der Waals surface area (Å²) in [7, 11) is 0. The van der Waals surface area contributed by atoms with Crippen LogP contribution in [0.2, 0.25) is 0 Å². The molecule has 1 amide bonds. The quantitative estimate of drug-likeness (QED) is 0.489. The molecule has 6 heteroatoms. The molecule has 0 saturated carbocycles. The standard InChI is InChI=1S/C20H32N2O4/c1-20(2,3)26-18(23)17(21)13-9-4-5-10-14-22-19(24)25-15-16-11-7-6-8-12-16/h6-8,11-12,17H,4-5,9-10,13-15,21H2,1-3H3,(H,22,24). The van der Waals surface area contributed by atoms with Gasteiger partial charge in [-0.15, -0.1) is 0 Å². The van der Waals surface area contributed by atoms with E-state index in [1.165, 1.54) is 0 Å². The predicted molar refractivity (Wildman–Crippen MR) is 102 cm³/mol. The molecule has 6 nitrogen and oxygen atoms in total. The van der Waals surface area contributed by atoms with Crippen molar-refractivity contribution in [2.75, 3.05) is 6.54 Å². The van der Waals surface area contributed by atoms with Crippen LogP contribution in [0, 0.1) is 0 Å². The Balaban J connectivity index is 2.00. The van der Waals surface area contributed by atoms with E-state index in [1.807, 2.05) is 51.1 Å². The first-order valence-corrected chi connectivity index (χ1v) is 9.21. The highest BCUT2D eigenvalue weighted by molar-refractivity contribution is 5.75. The summed E-state index contributed by atoms with van der Waals surface area (Å²) in [5.74, 6) is -0.347. The van der Waals surface area contributed by atoms with Crippen LogP contribution >= 0.6 is 0 Å². The number of esters is 1. The minimum absolute atomic E-state index is 0.273. The Morgan fingerprint density at radius 2 is 1.73 bits per heavy atom. The molecule has 0 radical (unpaired) electrons. The van der Waals surface area contributed by atoms with E-state index in [0.29, 0.717) is 13.0 Å². The zero-order valence-electron chi connectivity index (χ0n) is 16.1. The summed E-state index contributed by atoms with van der Waals surface area (Å²) in [6.45, 7) is 6.33. The second-order valence-corrected chi connectivity index (χ2v) is 7.33. The first-order valence-electron chi connectivity index (χ1n) is 9.21. The van der Waals surface area contributed by atoms with Crippen molar-refractivity contribution in [3.05, 3.63) is 35.9 Å². The van der Waals surface area contributed by atoms with Crippen LogP contribution in [0.4, 0.5) is 4.79 Å². The lowest BCUT2D eigenvalue weighted by Crippen LogP contribution is -2.37. The molecule has 1 atom stereocenters. The number of hydrogen-bond acceptors (Lipinski definition) is 5. The Morgan fingerprint density at radius 3 is 2.38 bits per heavy atom. The second kappa shape index (κ2) is 11.5. The van der Waals surface area contributed by atoms with Crippen LogP contribution in [-0.4, -0.2) is 30.3 Å². The number of nitrogens with two attached hydrogens (primary N) is 1. The average Bonchev–Trinajstić information content (AvgIpc) is 2.58. The van der Waals surface area contributed by atoms with Gasteiger partial charge in [0.15, 0.2) is 0 Å². The van der Waals surface area contributed by atoms with Crippen molar-refractivity contribution in [3.8, 4) is 0 Å². The van der Waals surface area contributed by atoms with Gasteiger partial charge in [-0.05, 0) is 39.2 Å². The van der Waals surface area contributed by atoms with E-state index < -0.39 is 17.7 Å². The van der Waals surface area contributed by atoms with Crippen LogP contribution in [0.5, 0.6) is 0 Å². The molecule has 0 aliphatic heterocycles. The van der Waals surface area contributed by atoms with E-state index in [0.717, 1.165) is 31.2 Å². The third-order valence-corrected chi connectivity index (χ3v) is 3.63. The van der Waals surface area contributed by atoms with Gasteiger partial charge in [-0.1, -0.05) is 49.6 Å². The summed E-state index contributed by atoms with van der Waals surface area (Å²) >= 11 is 0. The minimum Gasteiger partial charge on any atom is -0.459 e. The minimum atomic E-state index is -0.569. The van der Waals surface area contributed by atoms with Gasteiger partial charge in [0.1, 0.15) is 18.2 Å². The Bertz CT molecular complexity index is 540. The molecule has 0 heterocycles. The molecular weight excluding hydrogens is 332 g/mol. The van der Waals surface area contributed by atoms with E-state index >= 15 is 0 Å². The first kappa shape index (κ1) is 22.0. The number of amides is 1. The number of ether oxygens (including phenoxy) is 2. The lowest BCUT2D eigenvalue weighted by atomic mass is 10.1. The smallest absolute Gasteiger partial charge is 0.407 e. The molecule has 3 N–H and O–H groups in total. The molecule has 146 valence electrons. The number of hydrogen-bond donors (Lipinski definition) is 2. The third-order valence-electron chi connectivity index (χ3n) is 3.63. The summed E-state index contributed by atoms with van der Waals surface area (Å²) in [6.07, 6.45) is 3.85. The zero-order chi connectivity index (χ0) is 19.4. The van der Waals surface area contributed by atoms with Gasteiger partial charge in [-0.3, -0.25) is 4.79 Å². The lowest BCUT2D eigenvalue weighted by Gasteiger charge is -2.22. The molecule has 1 aromatic rings. The molecule has 0 aliphatic rings. The molecule has 1 aromatic carbocycles. The van der Waals surface area contributed by atoms with Crippen LogP contribution in [-0.2, 0) is 20.9 Å². The molecule has 0 aromatic heterocycles. The lowest BCUT2D eigenvalue weighted by molar-refractivity contribution is -0.156. The molecule has 1 unspecified atom stereocenters. The van der Waals surface area contributed by atoms with Crippen molar-refractivity contribution in [2.45, 2.75) is 71.1 Å². The average molecular weight is 364 g/mol. The highest BCUT2D eigenvalue weighted by Gasteiger charge is 2.21. The normalized spacial score (nSPS) is 12.3. The van der Waals surface area contributed by atoms with Crippen molar-refractivity contribution in [1.29, 1.82) is 0 Å². The summed E-state index contributed by atoms with van der Waals surface area (Å²) in [5, 5.41) is 2.74. The largest absolute Gasteiger partial charge is 0.459 e. The zero-order valence-corrected chi connectivity index (χ0v) is 16.1. The maximum atomic E-state index is 11.8.